The molecular weight excluding hydrogens is 272 g/mol. The summed E-state index contributed by atoms with van der Waals surface area (Å²) in [5.41, 5.74) is -0.779. The zero-order chi connectivity index (χ0) is 14.7. The number of nitro groups is 1. The van der Waals surface area contributed by atoms with Crippen LogP contribution in [0.2, 0.25) is 0 Å². The van der Waals surface area contributed by atoms with Gasteiger partial charge in [-0.05, 0) is 6.07 Å². The van der Waals surface area contributed by atoms with Gasteiger partial charge in [-0.15, -0.1) is 0 Å². The molecule has 0 radical (unpaired) electrons. The Balaban J connectivity index is 2.22. The molecular formula is C11H10N2O7. The first-order valence-electron chi connectivity index (χ1n) is 5.57. The molecule has 1 saturated heterocycles. The van der Waals surface area contributed by atoms with E-state index in [1.165, 1.54) is 12.1 Å². The van der Waals surface area contributed by atoms with E-state index in [-0.39, 0.29) is 24.5 Å². The summed E-state index contributed by atoms with van der Waals surface area (Å²) in [5.74, 6) is -1.70. The molecule has 0 aromatic heterocycles. The van der Waals surface area contributed by atoms with Gasteiger partial charge in [0.2, 0.25) is 5.75 Å². The third-order valence-corrected chi connectivity index (χ3v) is 2.58. The van der Waals surface area contributed by atoms with Crippen molar-refractivity contribution in [2.75, 3.05) is 13.2 Å². The van der Waals surface area contributed by atoms with E-state index in [1.54, 1.807) is 0 Å². The summed E-state index contributed by atoms with van der Waals surface area (Å²) < 4.78 is 9.97. The Morgan fingerprint density at radius 3 is 2.90 bits per heavy atom. The quantitative estimate of drug-likeness (QED) is 0.603. The molecule has 106 valence electrons. The molecule has 9 heteroatoms. The maximum Gasteiger partial charge on any atom is 0.407 e. The normalized spacial score (nSPS) is 17.2. The highest BCUT2D eigenvalue weighted by Crippen LogP contribution is 2.31. The summed E-state index contributed by atoms with van der Waals surface area (Å²) in [5, 5.41) is 22.3. The number of cyclic esters (lactones) is 1. The van der Waals surface area contributed by atoms with Crippen LogP contribution in [0.1, 0.15) is 10.4 Å². The maximum absolute atomic E-state index is 11.0. The van der Waals surface area contributed by atoms with E-state index in [2.05, 4.69) is 5.32 Å². The SMILES string of the molecule is O=C1NCC(COc2c(C(=O)O)cccc2[N+](=O)[O-])O1. The summed E-state index contributed by atoms with van der Waals surface area (Å²) in [6.07, 6.45) is -1.23. The van der Waals surface area contributed by atoms with Gasteiger partial charge in [-0.3, -0.25) is 10.1 Å². The van der Waals surface area contributed by atoms with Crippen molar-refractivity contribution in [1.29, 1.82) is 0 Å². The van der Waals surface area contributed by atoms with E-state index < -0.39 is 28.8 Å². The molecule has 1 aliphatic rings. The summed E-state index contributed by atoms with van der Waals surface area (Å²) in [6.45, 7) is 0.0196. The van der Waals surface area contributed by atoms with Crippen LogP contribution in [0.4, 0.5) is 10.5 Å². The zero-order valence-corrected chi connectivity index (χ0v) is 10.1. The largest absolute Gasteiger partial charge is 0.482 e. The smallest absolute Gasteiger partial charge is 0.407 e. The van der Waals surface area contributed by atoms with Crippen molar-refractivity contribution in [1.82, 2.24) is 5.32 Å². The van der Waals surface area contributed by atoms with Gasteiger partial charge in [0.05, 0.1) is 11.5 Å². The number of carbonyl (C=O) groups is 2. The van der Waals surface area contributed by atoms with Crippen LogP contribution in [0.5, 0.6) is 5.75 Å². The first-order chi connectivity index (χ1) is 9.49. The number of nitrogens with one attached hydrogen (secondary N) is 1. The van der Waals surface area contributed by atoms with Crippen LogP contribution in [0.3, 0.4) is 0 Å². The van der Waals surface area contributed by atoms with Crippen molar-refractivity contribution in [3.05, 3.63) is 33.9 Å². The second kappa shape index (κ2) is 5.43. The number of aromatic carboxylic acids is 1. The van der Waals surface area contributed by atoms with Crippen LogP contribution in [0, 0.1) is 10.1 Å². The standard InChI is InChI=1S/C11H10N2O7/c14-10(15)7-2-1-3-8(13(17)18)9(7)19-5-6-4-12-11(16)20-6/h1-3,6H,4-5H2,(H,12,16)(H,14,15). The van der Waals surface area contributed by atoms with Crippen LogP contribution in [-0.2, 0) is 4.74 Å². The lowest BCUT2D eigenvalue weighted by Crippen LogP contribution is -2.23. The van der Waals surface area contributed by atoms with Crippen LogP contribution in [0.25, 0.3) is 0 Å². The fourth-order valence-electron chi connectivity index (χ4n) is 1.69. The fourth-order valence-corrected chi connectivity index (χ4v) is 1.69. The predicted octanol–water partition coefficient (Wildman–Crippen LogP) is 0.780. The minimum atomic E-state index is -1.34. The van der Waals surface area contributed by atoms with Gasteiger partial charge in [-0.2, -0.15) is 0 Å². The van der Waals surface area contributed by atoms with Crippen LogP contribution < -0.4 is 10.1 Å². The predicted molar refractivity (Wildman–Crippen MR) is 63.8 cm³/mol. The average Bonchev–Trinajstić information content (AvgIpc) is 2.81. The van der Waals surface area contributed by atoms with Crippen molar-refractivity contribution < 1.29 is 29.1 Å². The monoisotopic (exact) mass is 282 g/mol. The highest BCUT2D eigenvalue weighted by molar-refractivity contribution is 5.92. The van der Waals surface area contributed by atoms with Gasteiger partial charge in [0.1, 0.15) is 12.2 Å². The molecule has 1 heterocycles. The summed E-state index contributed by atoms with van der Waals surface area (Å²) in [4.78, 5) is 32.0. The van der Waals surface area contributed by atoms with Gasteiger partial charge in [0, 0.05) is 6.07 Å². The molecule has 0 saturated carbocycles. The number of rotatable bonds is 5. The fraction of sp³-hybridized carbons (Fsp3) is 0.273. The number of alkyl carbamates (subject to hydrolysis) is 1. The minimum absolute atomic E-state index is 0.177. The molecule has 0 spiro atoms. The topological polar surface area (TPSA) is 128 Å². The van der Waals surface area contributed by atoms with E-state index >= 15 is 0 Å². The third kappa shape index (κ3) is 2.76. The first-order valence-corrected chi connectivity index (χ1v) is 5.57. The number of ether oxygens (including phenoxy) is 2. The molecule has 2 N–H and O–H groups in total. The number of nitro benzene ring substituents is 1. The molecule has 1 unspecified atom stereocenters. The van der Waals surface area contributed by atoms with Crippen molar-refractivity contribution >= 4 is 17.7 Å². The number of para-hydroxylation sites is 1. The Kier molecular flexibility index (Phi) is 3.69. The number of amides is 1. The molecule has 9 nitrogen and oxygen atoms in total. The molecule has 1 fully saturated rings. The summed E-state index contributed by atoms with van der Waals surface area (Å²) in [6, 6.07) is 3.59. The summed E-state index contributed by atoms with van der Waals surface area (Å²) >= 11 is 0. The van der Waals surface area contributed by atoms with Crippen molar-refractivity contribution in [3.63, 3.8) is 0 Å². The number of carbonyl (C=O) groups excluding carboxylic acids is 1. The lowest BCUT2D eigenvalue weighted by atomic mass is 10.1. The molecule has 0 bridgehead atoms. The van der Waals surface area contributed by atoms with E-state index in [4.69, 9.17) is 14.6 Å². The van der Waals surface area contributed by atoms with Gasteiger partial charge in [-0.25, -0.2) is 9.59 Å². The second-order valence-electron chi connectivity index (χ2n) is 3.94. The van der Waals surface area contributed by atoms with Gasteiger partial charge in [-0.1, -0.05) is 6.07 Å². The molecule has 1 atom stereocenters. The second-order valence-corrected chi connectivity index (χ2v) is 3.94. The number of hydrogen-bond donors (Lipinski definition) is 2. The molecule has 2 rings (SSSR count). The Labute approximate surface area is 112 Å². The molecule has 1 amide bonds. The molecule has 1 aromatic carbocycles. The van der Waals surface area contributed by atoms with Crippen LogP contribution >= 0.6 is 0 Å². The number of nitrogens with zero attached hydrogens (tertiary/aromatic N) is 1. The lowest BCUT2D eigenvalue weighted by Gasteiger charge is -2.12. The summed E-state index contributed by atoms with van der Waals surface area (Å²) in [7, 11) is 0. The molecule has 1 aromatic rings. The van der Waals surface area contributed by atoms with E-state index in [9.17, 15) is 19.7 Å². The Bertz CT molecular complexity index is 540. The molecule has 20 heavy (non-hydrogen) atoms. The van der Waals surface area contributed by atoms with Gasteiger partial charge >= 0.3 is 17.7 Å². The molecule has 1 aliphatic heterocycles. The van der Waals surface area contributed by atoms with E-state index in [0.29, 0.717) is 0 Å². The van der Waals surface area contributed by atoms with Gasteiger partial charge < -0.3 is 19.9 Å². The van der Waals surface area contributed by atoms with Gasteiger partial charge in [0.15, 0.2) is 6.10 Å². The van der Waals surface area contributed by atoms with Crippen molar-refractivity contribution in [3.8, 4) is 5.75 Å². The highest BCUT2D eigenvalue weighted by Gasteiger charge is 2.27. The van der Waals surface area contributed by atoms with Crippen molar-refractivity contribution in [2.24, 2.45) is 0 Å². The van der Waals surface area contributed by atoms with Gasteiger partial charge in [0.25, 0.3) is 0 Å². The Hall–Kier alpha value is -2.84. The van der Waals surface area contributed by atoms with Crippen molar-refractivity contribution in [2.45, 2.75) is 6.10 Å². The Morgan fingerprint density at radius 2 is 2.35 bits per heavy atom. The van der Waals surface area contributed by atoms with Crippen LogP contribution in [-0.4, -0.2) is 41.3 Å². The average molecular weight is 282 g/mol. The van der Waals surface area contributed by atoms with Crippen LogP contribution in [0.15, 0.2) is 18.2 Å². The maximum atomic E-state index is 11.0. The number of carboxylic acids is 1. The van der Waals surface area contributed by atoms with E-state index in [0.717, 1.165) is 6.07 Å². The Morgan fingerprint density at radius 1 is 1.60 bits per heavy atom. The number of benzene rings is 1. The number of carboxylic acid groups (broad SMARTS) is 1. The molecule has 0 aliphatic carbocycles. The first kappa shape index (κ1) is 13.6. The highest BCUT2D eigenvalue weighted by atomic mass is 16.6. The zero-order valence-electron chi connectivity index (χ0n) is 10.1. The minimum Gasteiger partial charge on any atom is -0.482 e. The third-order valence-electron chi connectivity index (χ3n) is 2.58. The number of hydrogen-bond acceptors (Lipinski definition) is 6. The lowest BCUT2D eigenvalue weighted by molar-refractivity contribution is -0.385. The van der Waals surface area contributed by atoms with E-state index in [1.807, 2.05) is 0 Å².